The maximum Gasteiger partial charge on any atom is 0.189 e. The van der Waals surface area contributed by atoms with Crippen molar-refractivity contribution in [2.75, 3.05) is 7.05 Å². The highest BCUT2D eigenvalue weighted by Crippen LogP contribution is 2.10. The molecule has 90 valence electrons. The van der Waals surface area contributed by atoms with Gasteiger partial charge in [-0.05, 0) is 25.6 Å². The van der Waals surface area contributed by atoms with Gasteiger partial charge in [0.1, 0.15) is 0 Å². The monoisotopic (exact) mass is 230 g/mol. The minimum Gasteiger partial charge on any atom is -0.346 e. The molecule has 1 atom stereocenters. The molecule has 3 nitrogen and oxygen atoms in total. The number of fused-ring (bicyclic) bond motifs is 1. The lowest BCUT2D eigenvalue weighted by molar-refractivity contribution is 0.475. The summed E-state index contributed by atoms with van der Waals surface area (Å²) in [5.74, 6) is 0. The fourth-order valence-electron chi connectivity index (χ4n) is 2.08. The average Bonchev–Trinajstić information content (AvgIpc) is 2.38. The molecule has 0 amide bonds. The van der Waals surface area contributed by atoms with Crippen LogP contribution in [-0.4, -0.2) is 17.7 Å². The molecule has 1 N–H and O–H groups in total. The summed E-state index contributed by atoms with van der Waals surface area (Å²) in [6.07, 6.45) is 2.95. The van der Waals surface area contributed by atoms with Crippen molar-refractivity contribution in [2.45, 2.75) is 25.9 Å². The van der Waals surface area contributed by atoms with Crippen molar-refractivity contribution >= 4 is 10.9 Å². The van der Waals surface area contributed by atoms with Gasteiger partial charge in [0.05, 0.1) is 5.52 Å². The van der Waals surface area contributed by atoms with Gasteiger partial charge in [0.25, 0.3) is 0 Å². The fourth-order valence-corrected chi connectivity index (χ4v) is 2.08. The molecule has 1 unspecified atom stereocenters. The number of benzene rings is 1. The average molecular weight is 230 g/mol. The molecule has 1 aromatic heterocycles. The number of nitrogens with one attached hydrogen (secondary N) is 1. The number of aromatic nitrogens is 1. The molecule has 1 heterocycles. The van der Waals surface area contributed by atoms with Crippen LogP contribution in [0.5, 0.6) is 0 Å². The summed E-state index contributed by atoms with van der Waals surface area (Å²) in [7, 11) is 1.97. The molecule has 0 radical (unpaired) electrons. The standard InChI is InChI=1S/C14H18N2O/c1-3-11(15-2)10-16-9-8-14(17)12-6-4-5-7-13(12)16/h4-9,11,15H,3,10H2,1-2H3. The van der Waals surface area contributed by atoms with E-state index in [1.54, 1.807) is 6.07 Å². The van der Waals surface area contributed by atoms with Gasteiger partial charge in [-0.25, -0.2) is 0 Å². The topological polar surface area (TPSA) is 34.0 Å². The number of para-hydroxylation sites is 1. The third-order valence-electron chi connectivity index (χ3n) is 3.20. The second kappa shape index (κ2) is 5.15. The molecule has 0 aliphatic carbocycles. The van der Waals surface area contributed by atoms with Gasteiger partial charge in [0, 0.05) is 30.2 Å². The molecule has 2 rings (SSSR count). The third-order valence-corrected chi connectivity index (χ3v) is 3.20. The number of rotatable bonds is 4. The number of hydrogen-bond acceptors (Lipinski definition) is 2. The van der Waals surface area contributed by atoms with Gasteiger partial charge < -0.3 is 9.88 Å². The highest BCUT2D eigenvalue weighted by molar-refractivity contribution is 5.78. The van der Waals surface area contributed by atoms with E-state index in [-0.39, 0.29) is 5.43 Å². The van der Waals surface area contributed by atoms with E-state index in [0.717, 1.165) is 23.9 Å². The van der Waals surface area contributed by atoms with Gasteiger partial charge in [-0.2, -0.15) is 0 Å². The first-order chi connectivity index (χ1) is 8.26. The highest BCUT2D eigenvalue weighted by atomic mass is 16.1. The molecule has 0 saturated carbocycles. The fraction of sp³-hybridized carbons (Fsp3) is 0.357. The van der Waals surface area contributed by atoms with Gasteiger partial charge in [0.15, 0.2) is 5.43 Å². The van der Waals surface area contributed by atoms with Gasteiger partial charge >= 0.3 is 0 Å². The van der Waals surface area contributed by atoms with E-state index in [2.05, 4.69) is 16.8 Å². The van der Waals surface area contributed by atoms with Crippen LogP contribution in [0.25, 0.3) is 10.9 Å². The molecule has 3 heteroatoms. The first kappa shape index (κ1) is 11.9. The van der Waals surface area contributed by atoms with E-state index >= 15 is 0 Å². The molecule has 0 aliphatic rings. The van der Waals surface area contributed by atoms with Gasteiger partial charge in [-0.3, -0.25) is 4.79 Å². The Kier molecular flexibility index (Phi) is 3.59. The quantitative estimate of drug-likeness (QED) is 0.871. The molecule has 0 fully saturated rings. The predicted molar refractivity (Wildman–Crippen MR) is 71.3 cm³/mol. The van der Waals surface area contributed by atoms with Crippen molar-refractivity contribution in [2.24, 2.45) is 0 Å². The molecule has 1 aromatic carbocycles. The Morgan fingerprint density at radius 1 is 1.29 bits per heavy atom. The van der Waals surface area contributed by atoms with Crippen LogP contribution < -0.4 is 10.7 Å². The predicted octanol–water partition coefficient (Wildman–Crippen LogP) is 2.00. The number of hydrogen-bond donors (Lipinski definition) is 1. The molecule has 0 saturated heterocycles. The Morgan fingerprint density at radius 2 is 2.06 bits per heavy atom. The van der Waals surface area contributed by atoms with Crippen LogP contribution in [0.2, 0.25) is 0 Å². The smallest absolute Gasteiger partial charge is 0.189 e. The lowest BCUT2D eigenvalue weighted by Crippen LogP contribution is -2.29. The van der Waals surface area contributed by atoms with Crippen molar-refractivity contribution in [1.82, 2.24) is 9.88 Å². The molecular formula is C14H18N2O. The van der Waals surface area contributed by atoms with Gasteiger partial charge in [0.2, 0.25) is 0 Å². The van der Waals surface area contributed by atoms with Crippen molar-refractivity contribution < 1.29 is 0 Å². The van der Waals surface area contributed by atoms with Crippen molar-refractivity contribution in [3.8, 4) is 0 Å². The molecule has 17 heavy (non-hydrogen) atoms. The van der Waals surface area contributed by atoms with Crippen LogP contribution in [0.3, 0.4) is 0 Å². The van der Waals surface area contributed by atoms with E-state index < -0.39 is 0 Å². The highest BCUT2D eigenvalue weighted by Gasteiger charge is 2.06. The third kappa shape index (κ3) is 2.39. The summed E-state index contributed by atoms with van der Waals surface area (Å²) in [5.41, 5.74) is 1.10. The minimum absolute atomic E-state index is 0.0920. The lowest BCUT2D eigenvalue weighted by Gasteiger charge is -2.17. The minimum atomic E-state index is 0.0920. The summed E-state index contributed by atoms with van der Waals surface area (Å²) in [4.78, 5) is 11.7. The summed E-state index contributed by atoms with van der Waals surface area (Å²) < 4.78 is 2.14. The van der Waals surface area contributed by atoms with Crippen LogP contribution in [0.15, 0.2) is 41.3 Å². The molecule has 0 spiro atoms. The maximum atomic E-state index is 11.7. The normalized spacial score (nSPS) is 12.8. The number of nitrogens with zero attached hydrogens (tertiary/aromatic N) is 1. The zero-order chi connectivity index (χ0) is 12.3. The van der Waals surface area contributed by atoms with E-state index in [9.17, 15) is 4.79 Å². The Balaban J connectivity index is 2.48. The van der Waals surface area contributed by atoms with Crippen LogP contribution in [-0.2, 0) is 6.54 Å². The largest absolute Gasteiger partial charge is 0.346 e. The summed E-state index contributed by atoms with van der Waals surface area (Å²) in [6.45, 7) is 3.04. The van der Waals surface area contributed by atoms with Crippen LogP contribution in [0, 0.1) is 0 Å². The van der Waals surface area contributed by atoms with E-state index in [4.69, 9.17) is 0 Å². The van der Waals surface area contributed by atoms with Crippen molar-refractivity contribution in [3.63, 3.8) is 0 Å². The second-order valence-corrected chi connectivity index (χ2v) is 4.24. The van der Waals surface area contributed by atoms with E-state index in [0.29, 0.717) is 6.04 Å². The van der Waals surface area contributed by atoms with E-state index in [1.807, 2.05) is 37.5 Å². The Hall–Kier alpha value is -1.61. The van der Waals surface area contributed by atoms with Crippen molar-refractivity contribution in [1.29, 1.82) is 0 Å². The lowest BCUT2D eigenvalue weighted by atomic mass is 10.2. The Bertz CT molecular complexity index is 555. The molecule has 0 aliphatic heterocycles. The van der Waals surface area contributed by atoms with E-state index in [1.165, 1.54) is 0 Å². The summed E-state index contributed by atoms with van der Waals surface area (Å²) >= 11 is 0. The number of pyridine rings is 1. The Labute approximate surface area is 101 Å². The number of likely N-dealkylation sites (N-methyl/N-ethyl adjacent to an activating group) is 1. The van der Waals surface area contributed by atoms with Crippen LogP contribution in [0.1, 0.15) is 13.3 Å². The van der Waals surface area contributed by atoms with Crippen LogP contribution in [0.4, 0.5) is 0 Å². The molecular weight excluding hydrogens is 212 g/mol. The maximum absolute atomic E-state index is 11.7. The zero-order valence-corrected chi connectivity index (χ0v) is 10.3. The SMILES string of the molecule is CCC(Cn1ccc(=O)c2ccccc21)NC. The first-order valence-corrected chi connectivity index (χ1v) is 6.01. The molecule has 2 aromatic rings. The zero-order valence-electron chi connectivity index (χ0n) is 10.3. The van der Waals surface area contributed by atoms with Gasteiger partial charge in [-0.1, -0.05) is 19.1 Å². The molecule has 0 bridgehead atoms. The second-order valence-electron chi connectivity index (χ2n) is 4.24. The first-order valence-electron chi connectivity index (χ1n) is 6.01. The van der Waals surface area contributed by atoms with Crippen LogP contribution >= 0.6 is 0 Å². The van der Waals surface area contributed by atoms with Crippen molar-refractivity contribution in [3.05, 3.63) is 46.8 Å². The Morgan fingerprint density at radius 3 is 2.76 bits per heavy atom. The summed E-state index contributed by atoms with van der Waals surface area (Å²) in [6, 6.07) is 9.83. The summed E-state index contributed by atoms with van der Waals surface area (Å²) in [5, 5.41) is 4.07. The van der Waals surface area contributed by atoms with Gasteiger partial charge in [-0.15, -0.1) is 0 Å².